The van der Waals surface area contributed by atoms with E-state index in [2.05, 4.69) is 61.6 Å². The van der Waals surface area contributed by atoms with Crippen molar-refractivity contribution in [2.24, 2.45) is 20.5 Å². The molecule has 0 aliphatic heterocycles. The van der Waals surface area contributed by atoms with E-state index in [1.807, 2.05) is 0 Å². The van der Waals surface area contributed by atoms with Gasteiger partial charge in [-0.2, -0.15) is 25.2 Å². The Morgan fingerprint density at radius 3 is 1.12 bits per heavy atom. The van der Waals surface area contributed by atoms with Crippen molar-refractivity contribution in [3.05, 3.63) is 211 Å². The van der Waals surface area contributed by atoms with Crippen molar-refractivity contribution in [3.63, 3.8) is 0 Å². The van der Waals surface area contributed by atoms with Gasteiger partial charge >= 0.3 is 182 Å². The van der Waals surface area contributed by atoms with E-state index in [1.165, 1.54) is 56.3 Å². The number of para-hydroxylation sites is 1. The minimum absolute atomic E-state index is 0. The normalized spacial score (nSPS) is 11.7. The number of carboxylic acid groups (broad SMARTS) is 2. The Bertz CT molecular complexity index is 5900. The fraction of sp³-hybridized carbons (Fsp3) is 0.0339. The smallest absolute Gasteiger partial charge is 0.744 e. The van der Waals surface area contributed by atoms with Gasteiger partial charge in [0.1, 0.15) is 61.7 Å². The van der Waals surface area contributed by atoms with E-state index in [-0.39, 0.29) is 268 Å². The number of carbonyl (C=O) groups excluding carboxylic acids is 2. The largest absolute Gasteiger partial charge is 2.00 e. The maximum atomic E-state index is 13.5. The molecule has 0 bridgehead atoms. The van der Waals surface area contributed by atoms with Crippen LogP contribution in [-0.2, 0) is 84.7 Å². The number of carboxylic acids is 2. The molecule has 3 aromatic heterocycles. The molecule has 3 N–H and O–H groups in total. The molecule has 0 spiro atoms. The second-order valence-corrected chi connectivity index (χ2v) is 27.2. The third kappa shape index (κ3) is 23.1. The van der Waals surface area contributed by atoms with Crippen molar-refractivity contribution < 1.29 is 267 Å². The zero-order chi connectivity index (χ0) is 71.7. The van der Waals surface area contributed by atoms with Gasteiger partial charge in [0.2, 0.25) is 17.8 Å². The molecule has 0 fully saturated rings. The van der Waals surface area contributed by atoms with Gasteiger partial charge in [-0.05, 0) is 107 Å². The monoisotopic (exact) mass is 1680 g/mol. The first-order valence-electron chi connectivity index (χ1n) is 27.4. The summed E-state index contributed by atoms with van der Waals surface area (Å²) >= 11 is 0. The summed E-state index contributed by atoms with van der Waals surface area (Å²) in [5.74, 6) is -4.50. The van der Waals surface area contributed by atoms with Gasteiger partial charge in [0.05, 0.1) is 59.2 Å². The molecule has 47 heteroatoms. The Labute approximate surface area is 733 Å². The molecule has 0 saturated carbocycles. The van der Waals surface area contributed by atoms with Crippen molar-refractivity contribution in [1.29, 1.82) is 0 Å². The summed E-state index contributed by atoms with van der Waals surface area (Å²) in [6.07, 6.45) is 3.93. The SMILES string of the molecule is Cc1nn(-c2ccc(/C=C/c3ccc(Nc4nc(Nc5ccccc5)nc(Nc5ccc(/C=C/c6ccc(-n7nc(C)[c-](N=Nc8ccc(S(=O)(=O)[O-])cc8C(=O)[O-])c7=O)cc6S(=O)(=O)[O-])c(S(=O)(=O)[O-])c5)n4)cc3S(=O)(=O)[O-])c(S(=O)(=O)[O-])c2)c(=O)[c-]1N=Nc1ccccc1C(=O)[O-].[Cu+2].[Cu+2].[Na+].[Na+].[Na+].[Na+].[Na+]. The molecule has 0 aliphatic rings. The zero-order valence-electron chi connectivity index (χ0n) is 55.3. The van der Waals surface area contributed by atoms with E-state index in [4.69, 9.17) is 0 Å². The van der Waals surface area contributed by atoms with Gasteiger partial charge in [-0.3, -0.25) is 0 Å². The molecule has 0 unspecified atom stereocenters. The number of nitrogens with zero attached hydrogens (tertiary/aromatic N) is 11. The van der Waals surface area contributed by atoms with E-state index in [1.54, 1.807) is 30.3 Å². The third-order valence-corrected chi connectivity index (χ3v) is 18.1. The molecular formula is C59H37Cu2N14Na5O21S5. The molecule has 0 aliphatic carbocycles. The molecule has 10 rings (SSSR count). The van der Waals surface area contributed by atoms with Gasteiger partial charge in [0.25, 0.3) is 0 Å². The van der Waals surface area contributed by atoms with E-state index in [9.17, 15) is 94.2 Å². The van der Waals surface area contributed by atoms with Crippen LogP contribution in [0.3, 0.4) is 0 Å². The van der Waals surface area contributed by atoms with E-state index < -0.39 is 121 Å². The third-order valence-electron chi connectivity index (χ3n) is 13.7. The Morgan fingerprint density at radius 2 is 0.755 bits per heavy atom. The summed E-state index contributed by atoms with van der Waals surface area (Å²) in [7, 11) is -26.8. The fourth-order valence-corrected chi connectivity index (χ4v) is 12.5. The fourth-order valence-electron chi connectivity index (χ4n) is 9.20. The van der Waals surface area contributed by atoms with Crippen molar-refractivity contribution in [2.45, 2.75) is 38.3 Å². The minimum Gasteiger partial charge on any atom is -0.744 e. The van der Waals surface area contributed by atoms with Gasteiger partial charge in [-0.25, -0.2) is 61.6 Å². The molecule has 10 aromatic rings. The van der Waals surface area contributed by atoms with E-state index in [0.717, 1.165) is 91.0 Å². The van der Waals surface area contributed by atoms with Crippen molar-refractivity contribution in [2.75, 3.05) is 16.0 Å². The number of aryl methyl sites for hydroxylation is 2. The predicted octanol–water partition coefficient (Wildman–Crippen LogP) is -10.3. The number of aromatic nitrogens is 7. The molecule has 526 valence electrons. The number of hydrogen-bond donors (Lipinski definition) is 3. The van der Waals surface area contributed by atoms with E-state index >= 15 is 0 Å². The maximum absolute atomic E-state index is 13.5. The Kier molecular flexibility index (Phi) is 34.5. The van der Waals surface area contributed by atoms with Gasteiger partial charge in [-0.15, -0.1) is 11.4 Å². The molecule has 106 heavy (non-hydrogen) atoms. The van der Waals surface area contributed by atoms with Gasteiger partial charge in [0.15, 0.2) is 0 Å². The second kappa shape index (κ2) is 38.7. The second-order valence-electron chi connectivity index (χ2n) is 20.4. The van der Waals surface area contributed by atoms with Gasteiger partial charge in [-0.1, -0.05) is 110 Å². The van der Waals surface area contributed by atoms with Crippen LogP contribution < -0.4 is 185 Å². The Hall–Kier alpha value is -5.82. The summed E-state index contributed by atoms with van der Waals surface area (Å²) in [6.45, 7) is 2.60. The minimum atomic E-state index is -5.45. The number of aromatic carboxylic acids is 2. The number of anilines is 6. The van der Waals surface area contributed by atoms with Crippen LogP contribution in [-0.4, -0.2) is 111 Å². The molecule has 0 saturated heterocycles. The molecule has 3 heterocycles. The quantitative estimate of drug-likeness (QED) is 0.0176. The van der Waals surface area contributed by atoms with Crippen LogP contribution >= 0.6 is 0 Å². The van der Waals surface area contributed by atoms with Crippen LogP contribution in [0.15, 0.2) is 200 Å². The summed E-state index contributed by atoms with van der Waals surface area (Å²) < 4.78 is 189. The summed E-state index contributed by atoms with van der Waals surface area (Å²) in [4.78, 5) is 58.5. The number of nitrogens with one attached hydrogen (secondary N) is 3. The van der Waals surface area contributed by atoms with Crippen LogP contribution in [0.25, 0.3) is 35.7 Å². The van der Waals surface area contributed by atoms with Crippen molar-refractivity contribution in [3.8, 4) is 11.4 Å². The van der Waals surface area contributed by atoms with Crippen LogP contribution in [0.5, 0.6) is 0 Å². The number of rotatable bonds is 23. The number of benzene rings is 7. The molecular weight excluding hydrogens is 1640 g/mol. The Morgan fingerprint density at radius 1 is 0.415 bits per heavy atom. The number of hydrogen-bond acceptors (Lipinski definition) is 33. The van der Waals surface area contributed by atoms with Gasteiger partial charge in [0, 0.05) is 28.2 Å². The maximum Gasteiger partial charge on any atom is 2.00 e. The molecule has 2 radical (unpaired) electrons. The molecule has 0 atom stereocenters. The van der Waals surface area contributed by atoms with Crippen LogP contribution in [0.2, 0.25) is 0 Å². The van der Waals surface area contributed by atoms with Gasteiger partial charge < -0.3 is 78.3 Å². The average molecular weight is 1680 g/mol. The first-order chi connectivity index (χ1) is 46.5. The molecule has 7 aromatic carbocycles. The standard InChI is InChI=1S/C59H44N14O21S5.2Cu.5Na/c1-31-51(68-66-45-11-7-6-10-43(45)55(76)77)53(74)72(70-31)40-22-18-35(49(28-40)98(89,90)91)14-12-33-16-20-38(26-47(33)96(83,84)85)61-58-63-57(60-37-8-4-3-5-9-37)64-59(65-58)62-39-21-17-34(48(27-39)97(86,87)88)13-15-36-19-23-41(29-50(36)99(92,93)94)73-54(75)52(32(2)71-73)69-67-46-25-24-42(95(80,81)82)30-44(46)56(78)79;;;;;;;/h3-30H,1-2H3,(H,76,77)(H,78,79)(H,80,81,82)(H,83,84,85)(H,86,87,88)(H,89,90,91)(H,92,93,94)(H3,60,61,62,63,64,65);;;;;;;/q-2;2*+2;5*+1/p-7/b14-12+,15-13+,68-66?,69-67?;;;;;;;. The Balaban J connectivity index is 0.00000417. The van der Waals surface area contributed by atoms with Crippen LogP contribution in [0.1, 0.15) is 54.4 Å². The molecule has 0 amide bonds. The summed E-state index contributed by atoms with van der Waals surface area (Å²) in [6, 6.07) is 27.9. The van der Waals surface area contributed by atoms with Crippen molar-refractivity contribution in [1.82, 2.24) is 34.5 Å². The summed E-state index contributed by atoms with van der Waals surface area (Å²) in [5.41, 5.74) is -7.03. The first kappa shape index (κ1) is 94.4. The number of azo groups is 2. The van der Waals surface area contributed by atoms with Crippen LogP contribution in [0.4, 0.5) is 57.7 Å². The van der Waals surface area contributed by atoms with E-state index in [0.29, 0.717) is 21.1 Å². The average Bonchev–Trinajstić information content (AvgIpc) is 1.54. The van der Waals surface area contributed by atoms with Crippen molar-refractivity contribution >= 4 is 144 Å². The first-order valence-corrected chi connectivity index (χ1v) is 34.4. The zero-order valence-corrected chi connectivity index (χ0v) is 71.3. The topological polar surface area (TPSA) is 560 Å². The summed E-state index contributed by atoms with van der Waals surface area (Å²) in [5, 5.41) is 54.8. The van der Waals surface area contributed by atoms with Crippen LogP contribution in [0, 0.1) is 13.8 Å². The number of carbonyl (C=O) groups is 2. The predicted molar refractivity (Wildman–Crippen MR) is 337 cm³/mol. The molecule has 35 nitrogen and oxygen atoms in total.